The van der Waals surface area contributed by atoms with Gasteiger partial charge in [-0.15, -0.1) is 0 Å². The highest BCUT2D eigenvalue weighted by atomic mass is 16.5. The number of aryl methyl sites for hydroxylation is 1. The summed E-state index contributed by atoms with van der Waals surface area (Å²) < 4.78 is 5.58. The van der Waals surface area contributed by atoms with Crippen LogP contribution >= 0.6 is 0 Å². The molecule has 0 aliphatic carbocycles. The second-order valence-corrected chi connectivity index (χ2v) is 4.95. The van der Waals surface area contributed by atoms with Gasteiger partial charge in [0.05, 0.1) is 0 Å². The summed E-state index contributed by atoms with van der Waals surface area (Å²) in [4.78, 5) is 11.9. The Hall–Kier alpha value is -2.29. The molecule has 21 heavy (non-hydrogen) atoms. The first-order valence-electron chi connectivity index (χ1n) is 7.29. The van der Waals surface area contributed by atoms with Crippen molar-refractivity contribution in [1.82, 2.24) is 5.32 Å². The van der Waals surface area contributed by atoms with Crippen molar-refractivity contribution in [3.63, 3.8) is 0 Å². The zero-order valence-corrected chi connectivity index (χ0v) is 12.3. The van der Waals surface area contributed by atoms with Gasteiger partial charge in [0.2, 0.25) is 0 Å². The summed E-state index contributed by atoms with van der Waals surface area (Å²) >= 11 is 0. The van der Waals surface area contributed by atoms with E-state index < -0.39 is 6.10 Å². The quantitative estimate of drug-likeness (QED) is 0.792. The van der Waals surface area contributed by atoms with Crippen molar-refractivity contribution in [2.45, 2.75) is 25.9 Å². The maximum atomic E-state index is 11.9. The van der Waals surface area contributed by atoms with Crippen LogP contribution < -0.4 is 10.1 Å². The zero-order valence-electron chi connectivity index (χ0n) is 12.3. The van der Waals surface area contributed by atoms with Crippen molar-refractivity contribution in [3.8, 4) is 5.75 Å². The van der Waals surface area contributed by atoms with Gasteiger partial charge in [0.1, 0.15) is 5.75 Å². The second-order valence-electron chi connectivity index (χ2n) is 4.95. The van der Waals surface area contributed by atoms with Gasteiger partial charge in [-0.2, -0.15) is 0 Å². The lowest BCUT2D eigenvalue weighted by molar-refractivity contribution is -0.127. The largest absolute Gasteiger partial charge is 0.481 e. The number of carbonyl (C=O) groups is 1. The van der Waals surface area contributed by atoms with E-state index in [1.54, 1.807) is 6.92 Å². The van der Waals surface area contributed by atoms with Crippen molar-refractivity contribution in [3.05, 3.63) is 66.2 Å². The standard InChI is InChI=1S/C18H21NO2/c1-15(21-17-12-6-3-7-13-17)18(20)19-14-8-11-16-9-4-2-5-10-16/h2-7,9-10,12-13,15H,8,11,14H2,1H3,(H,19,20)/t15-/m1/s1. The van der Waals surface area contributed by atoms with Gasteiger partial charge in [-0.1, -0.05) is 48.5 Å². The van der Waals surface area contributed by atoms with Crippen molar-refractivity contribution in [2.75, 3.05) is 6.54 Å². The topological polar surface area (TPSA) is 38.3 Å². The predicted octanol–water partition coefficient (Wildman–Crippen LogP) is 3.20. The second kappa shape index (κ2) is 8.10. The molecule has 0 unspecified atom stereocenters. The Kier molecular flexibility index (Phi) is 5.83. The molecule has 0 saturated carbocycles. The van der Waals surface area contributed by atoms with Gasteiger partial charge in [-0.25, -0.2) is 0 Å². The molecule has 1 atom stereocenters. The summed E-state index contributed by atoms with van der Waals surface area (Å²) in [5.41, 5.74) is 1.29. The summed E-state index contributed by atoms with van der Waals surface area (Å²) in [6.07, 6.45) is 1.41. The van der Waals surface area contributed by atoms with Gasteiger partial charge in [-0.05, 0) is 37.5 Å². The van der Waals surface area contributed by atoms with E-state index in [1.165, 1.54) is 5.56 Å². The Bertz CT molecular complexity index is 540. The molecule has 0 fully saturated rings. The molecule has 3 nitrogen and oxygen atoms in total. The van der Waals surface area contributed by atoms with Gasteiger partial charge in [0.15, 0.2) is 6.10 Å². The minimum absolute atomic E-state index is 0.0769. The van der Waals surface area contributed by atoms with Crippen LogP contribution in [0.25, 0.3) is 0 Å². The maximum absolute atomic E-state index is 11.9. The van der Waals surface area contributed by atoms with Crippen LogP contribution in [0.15, 0.2) is 60.7 Å². The van der Waals surface area contributed by atoms with E-state index >= 15 is 0 Å². The predicted molar refractivity (Wildman–Crippen MR) is 84.3 cm³/mol. The van der Waals surface area contributed by atoms with E-state index in [0.29, 0.717) is 12.3 Å². The Morgan fingerprint density at radius 3 is 2.33 bits per heavy atom. The van der Waals surface area contributed by atoms with Crippen LogP contribution in [0.2, 0.25) is 0 Å². The average Bonchev–Trinajstić information content (AvgIpc) is 2.53. The zero-order chi connectivity index (χ0) is 14.9. The Labute approximate surface area is 126 Å². The normalized spacial score (nSPS) is 11.7. The molecule has 1 amide bonds. The molecule has 0 spiro atoms. The number of amides is 1. The summed E-state index contributed by atoms with van der Waals surface area (Å²) in [6.45, 7) is 2.43. The summed E-state index contributed by atoms with van der Waals surface area (Å²) in [5.74, 6) is 0.636. The fourth-order valence-corrected chi connectivity index (χ4v) is 2.05. The highest BCUT2D eigenvalue weighted by Crippen LogP contribution is 2.10. The third-order valence-corrected chi connectivity index (χ3v) is 3.21. The monoisotopic (exact) mass is 283 g/mol. The summed E-state index contributed by atoms with van der Waals surface area (Å²) in [5, 5.41) is 2.91. The minimum Gasteiger partial charge on any atom is -0.481 e. The fourth-order valence-electron chi connectivity index (χ4n) is 2.05. The molecule has 0 heterocycles. The van der Waals surface area contributed by atoms with Crippen molar-refractivity contribution < 1.29 is 9.53 Å². The van der Waals surface area contributed by atoms with E-state index in [2.05, 4.69) is 17.4 Å². The summed E-state index contributed by atoms with van der Waals surface area (Å²) in [6, 6.07) is 19.7. The summed E-state index contributed by atoms with van der Waals surface area (Å²) in [7, 11) is 0. The lowest BCUT2D eigenvalue weighted by atomic mass is 10.1. The van der Waals surface area contributed by atoms with Crippen LogP contribution in [0.1, 0.15) is 18.9 Å². The number of carbonyl (C=O) groups excluding carboxylic acids is 1. The third-order valence-electron chi connectivity index (χ3n) is 3.21. The molecular weight excluding hydrogens is 262 g/mol. The third kappa shape index (κ3) is 5.30. The fraction of sp³-hybridized carbons (Fsp3) is 0.278. The maximum Gasteiger partial charge on any atom is 0.260 e. The Morgan fingerprint density at radius 2 is 1.67 bits per heavy atom. The van der Waals surface area contributed by atoms with E-state index in [4.69, 9.17) is 4.74 Å². The number of rotatable bonds is 7. The molecule has 0 aliphatic heterocycles. The van der Waals surface area contributed by atoms with Gasteiger partial charge in [0.25, 0.3) is 5.91 Å². The molecule has 0 saturated heterocycles. The first-order valence-corrected chi connectivity index (χ1v) is 7.29. The molecule has 110 valence electrons. The van der Waals surface area contributed by atoms with E-state index in [0.717, 1.165) is 12.8 Å². The van der Waals surface area contributed by atoms with Crippen molar-refractivity contribution >= 4 is 5.91 Å². The van der Waals surface area contributed by atoms with Gasteiger partial charge in [0, 0.05) is 6.54 Å². The molecule has 0 aromatic heterocycles. The Morgan fingerprint density at radius 1 is 1.05 bits per heavy atom. The molecule has 2 rings (SSSR count). The van der Waals surface area contributed by atoms with Crippen LogP contribution in [-0.2, 0) is 11.2 Å². The first kappa shape index (κ1) is 15.1. The molecule has 0 bridgehead atoms. The molecule has 0 aliphatic rings. The van der Waals surface area contributed by atoms with Crippen LogP contribution in [0, 0.1) is 0 Å². The van der Waals surface area contributed by atoms with Crippen LogP contribution in [-0.4, -0.2) is 18.6 Å². The number of para-hydroxylation sites is 1. The van der Waals surface area contributed by atoms with Crippen LogP contribution in [0.3, 0.4) is 0 Å². The number of hydrogen-bond donors (Lipinski definition) is 1. The minimum atomic E-state index is -0.482. The molecule has 2 aromatic rings. The number of ether oxygens (including phenoxy) is 1. The van der Waals surface area contributed by atoms with E-state index in [1.807, 2.05) is 48.5 Å². The highest BCUT2D eigenvalue weighted by molar-refractivity contribution is 5.80. The van der Waals surface area contributed by atoms with Gasteiger partial charge >= 0.3 is 0 Å². The van der Waals surface area contributed by atoms with Gasteiger partial charge in [-0.3, -0.25) is 4.79 Å². The van der Waals surface area contributed by atoms with Crippen molar-refractivity contribution in [2.24, 2.45) is 0 Å². The molecule has 3 heteroatoms. The smallest absolute Gasteiger partial charge is 0.260 e. The van der Waals surface area contributed by atoms with E-state index in [-0.39, 0.29) is 5.91 Å². The molecular formula is C18H21NO2. The number of hydrogen-bond acceptors (Lipinski definition) is 2. The number of benzene rings is 2. The lowest BCUT2D eigenvalue weighted by Gasteiger charge is -2.14. The van der Waals surface area contributed by atoms with Crippen molar-refractivity contribution in [1.29, 1.82) is 0 Å². The number of nitrogens with one attached hydrogen (secondary N) is 1. The molecule has 1 N–H and O–H groups in total. The first-order chi connectivity index (χ1) is 10.3. The van der Waals surface area contributed by atoms with Gasteiger partial charge < -0.3 is 10.1 Å². The molecule has 2 aromatic carbocycles. The average molecular weight is 283 g/mol. The van der Waals surface area contributed by atoms with E-state index in [9.17, 15) is 4.79 Å². The Balaban J connectivity index is 1.67. The highest BCUT2D eigenvalue weighted by Gasteiger charge is 2.13. The van der Waals surface area contributed by atoms with Crippen LogP contribution in [0.4, 0.5) is 0 Å². The lowest BCUT2D eigenvalue weighted by Crippen LogP contribution is -2.36. The SMILES string of the molecule is C[C@@H](Oc1ccccc1)C(=O)NCCCc1ccccc1. The van der Waals surface area contributed by atoms with Crippen LogP contribution in [0.5, 0.6) is 5.75 Å². The molecule has 0 radical (unpaired) electrons.